The van der Waals surface area contributed by atoms with Crippen LogP contribution in [0.3, 0.4) is 0 Å². The molecule has 66 heavy (non-hydrogen) atoms. The van der Waals surface area contributed by atoms with Gasteiger partial charge in [-0.25, -0.2) is 16.8 Å². The number of benzene rings is 2. The summed E-state index contributed by atoms with van der Waals surface area (Å²) in [4.78, 5) is 0. The fraction of sp³-hybridized carbons (Fsp3) is 0.762. The van der Waals surface area contributed by atoms with Gasteiger partial charge in [-0.3, -0.25) is 0 Å². The molecule has 2 aromatic rings. The molecule has 372 valence electrons. The van der Waals surface area contributed by atoms with Crippen LogP contribution in [0.25, 0.3) is 10.8 Å². The minimum atomic E-state index is -4.16. The Morgan fingerprint density at radius 2 is 0.530 bits per heavy atom. The number of unbranched alkanes of at least 4 members (excludes halogenated alkanes) is 2. The van der Waals surface area contributed by atoms with Crippen molar-refractivity contribution < 1.29 is 195 Å². The minimum Gasteiger partial charge on any atom is -0.748 e. The second-order valence-corrected chi connectivity index (χ2v) is 16.7. The minimum absolute atomic E-state index is 0. The summed E-state index contributed by atoms with van der Waals surface area (Å²) in [5.41, 5.74) is 0. The third-order valence-corrected chi connectivity index (χ3v) is 9.95. The second-order valence-electron chi connectivity index (χ2n) is 13.6. The Kier molecular flexibility index (Phi) is 47.6. The Morgan fingerprint density at radius 3 is 0.758 bits per heavy atom. The van der Waals surface area contributed by atoms with E-state index in [0.29, 0.717) is 209 Å². The molecular weight excluding hydrogens is 967 g/mol. The summed E-state index contributed by atoms with van der Waals surface area (Å²) in [6, 6.07) is 11.9. The van der Waals surface area contributed by atoms with Gasteiger partial charge in [0.25, 0.3) is 0 Å². The summed E-state index contributed by atoms with van der Waals surface area (Å²) in [6.07, 6.45) is 1.61. The zero-order valence-corrected chi connectivity index (χ0v) is 47.0. The van der Waals surface area contributed by atoms with Crippen molar-refractivity contribution in [2.45, 2.75) is 25.7 Å². The van der Waals surface area contributed by atoms with Gasteiger partial charge in [-0.05, 0) is 48.6 Å². The third-order valence-electron chi connectivity index (χ3n) is 8.37. The van der Waals surface area contributed by atoms with Crippen molar-refractivity contribution in [2.75, 3.05) is 183 Å². The van der Waals surface area contributed by atoms with Gasteiger partial charge in [-0.15, -0.1) is 0 Å². The van der Waals surface area contributed by atoms with E-state index in [4.69, 9.17) is 66.3 Å². The van der Waals surface area contributed by atoms with Crippen molar-refractivity contribution in [3.8, 4) is 11.5 Å². The molecule has 0 N–H and O–H groups in total. The molecule has 0 aliphatic rings. The Balaban J connectivity index is 0.0000211. The zero-order chi connectivity index (χ0) is 46.1. The first-order valence-corrected chi connectivity index (χ1v) is 24.9. The largest absolute Gasteiger partial charge is 1.00 e. The van der Waals surface area contributed by atoms with Crippen molar-refractivity contribution in [1.82, 2.24) is 0 Å². The summed E-state index contributed by atoms with van der Waals surface area (Å²) in [6.45, 7) is 10.7. The molecule has 0 aromatic heterocycles. The Labute approximate surface area is 476 Å². The van der Waals surface area contributed by atoms with E-state index < -0.39 is 20.2 Å². The van der Waals surface area contributed by atoms with Crippen molar-refractivity contribution in [2.24, 2.45) is 0 Å². The second kappa shape index (κ2) is 46.9. The molecular formula is C42H70K2O20S2. The first-order chi connectivity index (χ1) is 31.1. The Bertz CT molecular complexity index is 1500. The first kappa shape index (κ1) is 66.9. The monoisotopic (exact) mass is 1040 g/mol. The van der Waals surface area contributed by atoms with Crippen molar-refractivity contribution in [3.05, 3.63) is 36.4 Å². The Morgan fingerprint density at radius 1 is 0.318 bits per heavy atom. The maximum Gasteiger partial charge on any atom is 1.00 e. The normalized spacial score (nSPS) is 11.7. The van der Waals surface area contributed by atoms with Crippen LogP contribution in [-0.2, 0) is 77.1 Å². The van der Waals surface area contributed by atoms with E-state index in [0.717, 1.165) is 10.8 Å². The topological polar surface area (TPSA) is 244 Å². The zero-order valence-electron chi connectivity index (χ0n) is 39.1. The van der Waals surface area contributed by atoms with Gasteiger partial charge in [0.1, 0.15) is 13.2 Å². The predicted molar refractivity (Wildman–Crippen MR) is 232 cm³/mol. The molecule has 0 saturated heterocycles. The van der Waals surface area contributed by atoms with Gasteiger partial charge < -0.3 is 75.4 Å². The summed E-state index contributed by atoms with van der Waals surface area (Å²) in [5, 5.41) is 2.07. The van der Waals surface area contributed by atoms with E-state index in [2.05, 4.69) is 0 Å². The van der Waals surface area contributed by atoms with E-state index in [-0.39, 0.29) is 114 Å². The molecule has 24 heteroatoms. The smallest absolute Gasteiger partial charge is 0.748 e. The van der Waals surface area contributed by atoms with Gasteiger partial charge in [0.05, 0.1) is 166 Å². The van der Waals surface area contributed by atoms with Crippen LogP contribution in [0, 0.1) is 0 Å². The molecule has 0 aliphatic carbocycles. The number of rotatable bonds is 48. The molecule has 0 atom stereocenters. The molecule has 0 bridgehead atoms. The van der Waals surface area contributed by atoms with Gasteiger partial charge in [0, 0.05) is 24.7 Å². The summed E-state index contributed by atoms with van der Waals surface area (Å²) in [5.74, 6) is 0.510. The van der Waals surface area contributed by atoms with Crippen LogP contribution in [0.1, 0.15) is 25.7 Å². The van der Waals surface area contributed by atoms with Gasteiger partial charge >= 0.3 is 103 Å². The average molecular weight is 1040 g/mol. The SMILES string of the molecule is O=S(=O)([O-])CCCCOCCOCCOCCOCCOCCOCCOc1cc2ccccc2cc1OCCOCCOCCOCCOCCOCCOCCCCS(=O)(=O)[O-].[K+].[K+]. The van der Waals surface area contributed by atoms with Crippen LogP contribution in [-0.4, -0.2) is 209 Å². The predicted octanol–water partition coefficient (Wildman–Crippen LogP) is -3.54. The van der Waals surface area contributed by atoms with Gasteiger partial charge in [-0.1, -0.05) is 24.3 Å². The van der Waals surface area contributed by atoms with Gasteiger partial charge in [-0.2, -0.15) is 0 Å². The van der Waals surface area contributed by atoms with Crippen molar-refractivity contribution in [3.63, 3.8) is 0 Å². The van der Waals surface area contributed by atoms with E-state index in [1.165, 1.54) is 0 Å². The molecule has 0 amide bonds. The van der Waals surface area contributed by atoms with E-state index in [1.54, 1.807) is 0 Å². The third kappa shape index (κ3) is 43.7. The number of hydrogen-bond donors (Lipinski definition) is 0. The molecule has 0 radical (unpaired) electrons. The summed E-state index contributed by atoms with van der Waals surface area (Å²) in [7, 11) is -8.31. The maximum absolute atomic E-state index is 10.5. The number of fused-ring (bicyclic) bond motifs is 1. The van der Waals surface area contributed by atoms with E-state index >= 15 is 0 Å². The van der Waals surface area contributed by atoms with Crippen LogP contribution in [0.15, 0.2) is 36.4 Å². The van der Waals surface area contributed by atoms with Crippen LogP contribution in [0.2, 0.25) is 0 Å². The average Bonchev–Trinajstić information content (AvgIpc) is 3.26. The molecule has 0 aliphatic heterocycles. The van der Waals surface area contributed by atoms with Crippen LogP contribution >= 0.6 is 0 Å². The maximum atomic E-state index is 10.5. The van der Waals surface area contributed by atoms with Crippen molar-refractivity contribution >= 4 is 31.0 Å². The molecule has 0 saturated carbocycles. The van der Waals surface area contributed by atoms with E-state index in [9.17, 15) is 25.9 Å². The molecule has 0 unspecified atom stereocenters. The Hall–Kier alpha value is 0.913. The standard InChI is InChI=1S/C42H72O20S2.2K/c43-63(44,45)35-5-3-9-49-11-13-51-15-17-53-19-21-55-23-25-57-27-29-59-31-33-61-41-37-39-7-1-2-8-40(39)38-42(41)62-34-32-60-30-28-58-26-24-56-22-20-54-18-16-52-14-12-50-10-4-6-36-64(46,47)48;;/h1-2,7-8,37-38H,3-6,9-36H2,(H,43,44,45)(H,46,47,48);;/q;2*+1/p-2. The fourth-order valence-corrected chi connectivity index (χ4v) is 6.33. The molecule has 2 rings (SSSR count). The molecule has 0 heterocycles. The van der Waals surface area contributed by atoms with Crippen LogP contribution in [0.4, 0.5) is 0 Å². The summed E-state index contributed by atoms with van der Waals surface area (Å²) < 4.78 is 141. The molecule has 20 nitrogen and oxygen atoms in total. The van der Waals surface area contributed by atoms with Gasteiger partial charge in [0.2, 0.25) is 0 Å². The van der Waals surface area contributed by atoms with Gasteiger partial charge in [0.15, 0.2) is 11.5 Å². The number of ether oxygens (including phenoxy) is 14. The molecule has 0 spiro atoms. The quantitative estimate of drug-likeness (QED) is 0.0354. The van der Waals surface area contributed by atoms with E-state index in [1.807, 2.05) is 36.4 Å². The molecule has 2 aromatic carbocycles. The fourth-order valence-electron chi connectivity index (χ4n) is 5.21. The first-order valence-electron chi connectivity index (χ1n) is 21.7. The van der Waals surface area contributed by atoms with Crippen LogP contribution in [0.5, 0.6) is 11.5 Å². The number of hydrogen-bond acceptors (Lipinski definition) is 20. The van der Waals surface area contributed by atoms with Crippen LogP contribution < -0.4 is 112 Å². The molecule has 0 fully saturated rings. The van der Waals surface area contributed by atoms with Crippen molar-refractivity contribution in [1.29, 1.82) is 0 Å². The summed E-state index contributed by atoms with van der Waals surface area (Å²) >= 11 is 0.